The SMILES string of the molecule is Brc1cc(Br)cc(-c2cccc3c2c2c4ccccc4ccc2n3-c2ccccc2)c1.CC. The molecule has 0 unspecified atom stereocenters. The highest BCUT2D eigenvalue weighted by molar-refractivity contribution is 9.11. The second-order valence-electron chi connectivity index (χ2n) is 7.71. The molecule has 0 aliphatic carbocycles. The number of aromatic nitrogens is 1. The second-order valence-corrected chi connectivity index (χ2v) is 9.54. The molecule has 0 aliphatic rings. The van der Waals surface area contributed by atoms with Crippen molar-refractivity contribution in [3.05, 3.63) is 112 Å². The highest BCUT2D eigenvalue weighted by Gasteiger charge is 2.18. The van der Waals surface area contributed by atoms with Gasteiger partial charge in [0.25, 0.3) is 0 Å². The molecule has 6 rings (SSSR count). The third-order valence-corrected chi connectivity index (χ3v) is 6.78. The van der Waals surface area contributed by atoms with Crippen molar-refractivity contribution in [1.29, 1.82) is 0 Å². The van der Waals surface area contributed by atoms with Crippen LogP contribution in [0.25, 0.3) is 49.4 Å². The minimum absolute atomic E-state index is 1.06. The van der Waals surface area contributed by atoms with Gasteiger partial charge in [-0.15, -0.1) is 0 Å². The number of nitrogens with zero attached hydrogens (tertiary/aromatic N) is 1. The maximum Gasteiger partial charge on any atom is 0.0547 e. The van der Waals surface area contributed by atoms with Crippen LogP contribution in [0.1, 0.15) is 13.8 Å². The van der Waals surface area contributed by atoms with Crippen molar-refractivity contribution in [1.82, 2.24) is 4.57 Å². The summed E-state index contributed by atoms with van der Waals surface area (Å²) in [5.74, 6) is 0. The molecule has 6 aromatic rings. The summed E-state index contributed by atoms with van der Waals surface area (Å²) >= 11 is 7.34. The number of benzene rings is 5. The van der Waals surface area contributed by atoms with Crippen LogP contribution in [-0.2, 0) is 0 Å². The van der Waals surface area contributed by atoms with Gasteiger partial charge in [0.15, 0.2) is 0 Å². The van der Waals surface area contributed by atoms with Gasteiger partial charge >= 0.3 is 0 Å². The molecule has 0 bridgehead atoms. The van der Waals surface area contributed by atoms with E-state index in [9.17, 15) is 0 Å². The summed E-state index contributed by atoms with van der Waals surface area (Å²) in [6.07, 6.45) is 0. The molecule has 0 aliphatic heterocycles. The van der Waals surface area contributed by atoms with Crippen LogP contribution in [-0.4, -0.2) is 4.57 Å². The summed E-state index contributed by atoms with van der Waals surface area (Å²) in [4.78, 5) is 0. The van der Waals surface area contributed by atoms with Gasteiger partial charge in [0.2, 0.25) is 0 Å². The van der Waals surface area contributed by atoms with Gasteiger partial charge in [-0.1, -0.05) is 106 Å². The molecule has 162 valence electrons. The van der Waals surface area contributed by atoms with E-state index in [2.05, 4.69) is 140 Å². The fraction of sp³-hybridized carbons (Fsp3) is 0.0667. The lowest BCUT2D eigenvalue weighted by Gasteiger charge is -2.09. The van der Waals surface area contributed by atoms with Crippen LogP contribution < -0.4 is 0 Å². The Hall–Kier alpha value is -2.88. The fourth-order valence-electron chi connectivity index (χ4n) is 4.63. The molecule has 0 radical (unpaired) electrons. The Morgan fingerprint density at radius 2 is 1.24 bits per heavy atom. The first-order valence-corrected chi connectivity index (χ1v) is 12.8. The van der Waals surface area contributed by atoms with Crippen molar-refractivity contribution in [2.45, 2.75) is 13.8 Å². The fourth-order valence-corrected chi connectivity index (χ4v) is 5.93. The number of rotatable bonds is 2. The van der Waals surface area contributed by atoms with Crippen LogP contribution >= 0.6 is 31.9 Å². The van der Waals surface area contributed by atoms with Gasteiger partial charge in [-0.3, -0.25) is 0 Å². The van der Waals surface area contributed by atoms with Gasteiger partial charge in [-0.25, -0.2) is 0 Å². The molecule has 1 aromatic heterocycles. The lowest BCUT2D eigenvalue weighted by atomic mass is 9.97. The third-order valence-electron chi connectivity index (χ3n) is 5.87. The molecule has 5 aromatic carbocycles. The first kappa shape index (κ1) is 21.9. The molecule has 0 fully saturated rings. The topological polar surface area (TPSA) is 4.93 Å². The van der Waals surface area contributed by atoms with Gasteiger partial charge in [-0.2, -0.15) is 0 Å². The van der Waals surface area contributed by atoms with E-state index < -0.39 is 0 Å². The molecule has 0 N–H and O–H groups in total. The molecule has 1 nitrogen and oxygen atoms in total. The number of fused-ring (bicyclic) bond motifs is 5. The van der Waals surface area contributed by atoms with E-state index in [1.54, 1.807) is 0 Å². The highest BCUT2D eigenvalue weighted by atomic mass is 79.9. The average Bonchev–Trinajstić information content (AvgIpc) is 3.20. The summed E-state index contributed by atoms with van der Waals surface area (Å²) in [6.45, 7) is 4.00. The molecular formula is C30H23Br2N. The van der Waals surface area contributed by atoms with Crippen LogP contribution in [0.15, 0.2) is 112 Å². The zero-order valence-electron chi connectivity index (χ0n) is 18.5. The average molecular weight is 557 g/mol. The van der Waals surface area contributed by atoms with Crippen molar-refractivity contribution < 1.29 is 0 Å². The maximum atomic E-state index is 3.67. The summed E-state index contributed by atoms with van der Waals surface area (Å²) in [7, 11) is 0. The molecule has 0 atom stereocenters. The van der Waals surface area contributed by atoms with Crippen molar-refractivity contribution >= 4 is 64.4 Å². The van der Waals surface area contributed by atoms with E-state index in [0.29, 0.717) is 0 Å². The van der Waals surface area contributed by atoms with Crippen LogP contribution in [0.3, 0.4) is 0 Å². The molecule has 1 heterocycles. The van der Waals surface area contributed by atoms with E-state index in [-0.39, 0.29) is 0 Å². The minimum Gasteiger partial charge on any atom is -0.309 e. The van der Waals surface area contributed by atoms with E-state index in [4.69, 9.17) is 0 Å². The Kier molecular flexibility index (Phi) is 6.09. The highest BCUT2D eigenvalue weighted by Crippen LogP contribution is 2.42. The number of halogens is 2. The van der Waals surface area contributed by atoms with Crippen molar-refractivity contribution in [2.24, 2.45) is 0 Å². The van der Waals surface area contributed by atoms with Crippen LogP contribution in [0, 0.1) is 0 Å². The predicted octanol–water partition coefficient (Wildman–Crippen LogP) is 10.2. The molecule has 0 spiro atoms. The van der Waals surface area contributed by atoms with Crippen LogP contribution in [0.5, 0.6) is 0 Å². The molecule has 0 saturated heterocycles. The zero-order valence-corrected chi connectivity index (χ0v) is 21.7. The van der Waals surface area contributed by atoms with Crippen molar-refractivity contribution in [3.63, 3.8) is 0 Å². The van der Waals surface area contributed by atoms with E-state index >= 15 is 0 Å². The quantitative estimate of drug-likeness (QED) is 0.200. The first-order chi connectivity index (χ1) is 16.2. The summed E-state index contributed by atoms with van der Waals surface area (Å²) in [5.41, 5.74) is 6.03. The van der Waals surface area contributed by atoms with Crippen LogP contribution in [0.2, 0.25) is 0 Å². The summed E-state index contributed by atoms with van der Waals surface area (Å²) < 4.78 is 4.50. The largest absolute Gasteiger partial charge is 0.309 e. The number of para-hydroxylation sites is 1. The minimum atomic E-state index is 1.06. The molecule has 33 heavy (non-hydrogen) atoms. The summed E-state index contributed by atoms with van der Waals surface area (Å²) in [5, 5.41) is 5.11. The lowest BCUT2D eigenvalue weighted by molar-refractivity contribution is 1.18. The summed E-state index contributed by atoms with van der Waals surface area (Å²) in [6, 6.07) is 36.8. The lowest BCUT2D eigenvalue weighted by Crippen LogP contribution is -1.93. The van der Waals surface area contributed by atoms with Gasteiger partial charge in [0.05, 0.1) is 11.0 Å². The molecule has 3 heteroatoms. The Labute approximate surface area is 210 Å². The third kappa shape index (κ3) is 3.80. The monoisotopic (exact) mass is 555 g/mol. The number of hydrogen-bond donors (Lipinski definition) is 0. The van der Waals surface area contributed by atoms with Crippen LogP contribution in [0.4, 0.5) is 0 Å². The van der Waals surface area contributed by atoms with Crippen molar-refractivity contribution in [2.75, 3.05) is 0 Å². The Morgan fingerprint density at radius 1 is 0.576 bits per heavy atom. The van der Waals surface area contributed by atoms with Gasteiger partial charge < -0.3 is 4.57 Å². The molecule has 0 saturated carbocycles. The standard InChI is InChI=1S/C28H17Br2N.C2H6/c29-20-15-19(16-21(30)17-20)24-11-6-12-25-28(24)27-23-10-5-4-7-18(23)13-14-26(27)31(25)22-8-2-1-3-9-22;1-2/h1-17H;1-2H3. The molecule has 0 amide bonds. The second kappa shape index (κ2) is 9.17. The number of hydrogen-bond acceptors (Lipinski definition) is 0. The first-order valence-electron chi connectivity index (χ1n) is 11.2. The van der Waals surface area contributed by atoms with E-state index in [1.807, 2.05) is 13.8 Å². The van der Waals surface area contributed by atoms with Gasteiger partial charge in [0.1, 0.15) is 0 Å². The van der Waals surface area contributed by atoms with Gasteiger partial charge in [-0.05, 0) is 64.4 Å². The van der Waals surface area contributed by atoms with E-state index in [1.165, 1.54) is 49.4 Å². The maximum absolute atomic E-state index is 3.67. The Morgan fingerprint density at radius 3 is 2.00 bits per heavy atom. The van der Waals surface area contributed by atoms with Gasteiger partial charge in [0, 0.05) is 25.4 Å². The smallest absolute Gasteiger partial charge is 0.0547 e. The molecular weight excluding hydrogens is 534 g/mol. The predicted molar refractivity (Wildman–Crippen MR) is 150 cm³/mol. The Balaban J connectivity index is 0.00000111. The zero-order chi connectivity index (χ0) is 22.9. The van der Waals surface area contributed by atoms with E-state index in [0.717, 1.165) is 8.95 Å². The van der Waals surface area contributed by atoms with Crippen molar-refractivity contribution in [3.8, 4) is 16.8 Å². The normalized spacial score (nSPS) is 11.0. The Bertz CT molecular complexity index is 1580.